The first-order chi connectivity index (χ1) is 18.5. The van der Waals surface area contributed by atoms with Gasteiger partial charge in [0.15, 0.2) is 17.4 Å². The van der Waals surface area contributed by atoms with Crippen molar-refractivity contribution >= 4 is 27.4 Å². The number of carbonyl (C=O) groups excluding carboxylic acids is 1. The normalized spacial score (nSPS) is 18.5. The molecule has 0 unspecified atom stereocenters. The number of ketones is 1. The summed E-state index contributed by atoms with van der Waals surface area (Å²) in [5, 5.41) is 11.5. The van der Waals surface area contributed by atoms with E-state index in [1.54, 1.807) is 12.4 Å². The van der Waals surface area contributed by atoms with Crippen LogP contribution in [0.1, 0.15) is 46.9 Å². The predicted octanol–water partition coefficient (Wildman–Crippen LogP) is 5.41. The van der Waals surface area contributed by atoms with Crippen LogP contribution in [0.3, 0.4) is 0 Å². The third-order valence-corrected chi connectivity index (χ3v) is 8.06. The fraction of sp³-hybridized carbons (Fsp3) is 0.310. The minimum absolute atomic E-state index is 0.0487. The molecule has 0 amide bonds. The quantitative estimate of drug-likeness (QED) is 0.286. The number of aromatic amines is 1. The summed E-state index contributed by atoms with van der Waals surface area (Å²) in [6.07, 6.45) is 5.61. The number of carbonyl (C=O) groups is 1. The number of nitrogens with one attached hydrogen (secondary N) is 2. The lowest BCUT2D eigenvalue weighted by Crippen LogP contribution is -2.46. The molecule has 4 aromatic rings. The number of anilines is 1. The predicted molar refractivity (Wildman–Crippen MR) is 149 cm³/mol. The molecule has 8 nitrogen and oxygen atoms in total. The van der Waals surface area contributed by atoms with E-state index in [2.05, 4.69) is 54.4 Å². The molecule has 2 aliphatic rings. The monoisotopic (exact) mass is 572 g/mol. The van der Waals surface area contributed by atoms with Gasteiger partial charge >= 0.3 is 0 Å². The van der Waals surface area contributed by atoms with Gasteiger partial charge in [-0.15, -0.1) is 0 Å². The molecule has 2 N–H and O–H groups in total. The summed E-state index contributed by atoms with van der Waals surface area (Å²) in [5.74, 6) is 2.47. The molecule has 0 bridgehead atoms. The highest BCUT2D eigenvalue weighted by molar-refractivity contribution is 9.10. The maximum Gasteiger partial charge on any atom is 0.181 e. The minimum atomic E-state index is -0.420. The van der Waals surface area contributed by atoms with Crippen LogP contribution in [0, 0.1) is 0 Å². The van der Waals surface area contributed by atoms with Crippen molar-refractivity contribution in [2.75, 3.05) is 32.1 Å². The summed E-state index contributed by atoms with van der Waals surface area (Å²) >= 11 is 3.54. The fourth-order valence-electron chi connectivity index (χ4n) is 5.33. The van der Waals surface area contributed by atoms with Crippen LogP contribution in [-0.4, -0.2) is 57.6 Å². The van der Waals surface area contributed by atoms with E-state index in [1.165, 1.54) is 0 Å². The van der Waals surface area contributed by atoms with Crippen LogP contribution in [0.4, 0.5) is 5.69 Å². The van der Waals surface area contributed by atoms with E-state index in [0.29, 0.717) is 24.4 Å². The van der Waals surface area contributed by atoms with E-state index in [0.717, 1.165) is 58.8 Å². The number of likely N-dealkylation sites (tertiary alicyclic amines) is 1. The molecule has 1 fully saturated rings. The Morgan fingerprint density at radius 2 is 1.97 bits per heavy atom. The topological polar surface area (TPSA) is 96.0 Å². The summed E-state index contributed by atoms with van der Waals surface area (Å²) in [7, 11) is 2.13. The molecule has 2 aliphatic heterocycles. The molecule has 1 saturated heterocycles. The molecule has 9 heteroatoms. The van der Waals surface area contributed by atoms with Crippen molar-refractivity contribution in [1.29, 1.82) is 0 Å². The Labute approximate surface area is 230 Å². The molecule has 38 heavy (non-hydrogen) atoms. The smallest absolute Gasteiger partial charge is 0.181 e. The van der Waals surface area contributed by atoms with Crippen LogP contribution in [-0.2, 0) is 5.54 Å². The highest BCUT2D eigenvalue weighted by atomic mass is 79.9. The van der Waals surface area contributed by atoms with Crippen LogP contribution in [0.25, 0.3) is 11.4 Å². The van der Waals surface area contributed by atoms with Crippen molar-refractivity contribution in [3.05, 3.63) is 88.4 Å². The maximum absolute atomic E-state index is 13.4. The molecule has 2 aromatic carbocycles. The van der Waals surface area contributed by atoms with Crippen LogP contribution in [0.15, 0.2) is 71.5 Å². The molecule has 1 atom stereocenters. The van der Waals surface area contributed by atoms with Crippen LogP contribution < -0.4 is 10.1 Å². The number of rotatable bonds is 7. The van der Waals surface area contributed by atoms with E-state index in [-0.39, 0.29) is 11.7 Å². The first-order valence-corrected chi connectivity index (χ1v) is 13.6. The Kier molecular flexibility index (Phi) is 6.71. The maximum atomic E-state index is 13.4. The number of nitrogens with zero attached hydrogens (tertiary/aromatic N) is 4. The van der Waals surface area contributed by atoms with E-state index in [9.17, 15) is 4.79 Å². The lowest BCUT2D eigenvalue weighted by atomic mass is 9.86. The SMILES string of the molecule is CN1CCC(Nc2cccc(C(=O)C[C@H]3COc4ccc(Br)cc43)c2)(c2nc(-c3ccncc3)n[nH]2)CC1. The van der Waals surface area contributed by atoms with Gasteiger partial charge in [0.05, 0.1) is 12.1 Å². The van der Waals surface area contributed by atoms with Crippen molar-refractivity contribution in [3.63, 3.8) is 0 Å². The van der Waals surface area contributed by atoms with Gasteiger partial charge < -0.3 is 15.0 Å². The zero-order chi connectivity index (χ0) is 26.1. The summed E-state index contributed by atoms with van der Waals surface area (Å²) in [4.78, 5) is 24.7. The second-order valence-corrected chi connectivity index (χ2v) is 11.1. The zero-order valence-electron chi connectivity index (χ0n) is 21.2. The van der Waals surface area contributed by atoms with Crippen LogP contribution in [0.5, 0.6) is 5.75 Å². The molecule has 0 saturated carbocycles. The van der Waals surface area contributed by atoms with E-state index in [4.69, 9.17) is 9.72 Å². The Hall–Kier alpha value is -3.56. The van der Waals surface area contributed by atoms with Crippen molar-refractivity contribution in [2.24, 2.45) is 0 Å². The van der Waals surface area contributed by atoms with Gasteiger partial charge in [0.25, 0.3) is 0 Å². The number of fused-ring (bicyclic) bond motifs is 1. The molecule has 6 rings (SSSR count). The number of ether oxygens (including phenoxy) is 1. The summed E-state index contributed by atoms with van der Waals surface area (Å²) in [6.45, 7) is 2.37. The molecule has 2 aromatic heterocycles. The molecular weight excluding hydrogens is 544 g/mol. The van der Waals surface area contributed by atoms with Gasteiger partial charge in [-0.25, -0.2) is 4.98 Å². The molecule has 194 valence electrons. The molecule has 4 heterocycles. The number of benzene rings is 2. The van der Waals surface area contributed by atoms with E-state index in [1.807, 2.05) is 48.5 Å². The Bertz CT molecular complexity index is 1450. The Morgan fingerprint density at radius 3 is 2.79 bits per heavy atom. The van der Waals surface area contributed by atoms with Gasteiger partial charge in [-0.05, 0) is 62.4 Å². The van der Waals surface area contributed by atoms with E-state index >= 15 is 0 Å². The second-order valence-electron chi connectivity index (χ2n) is 10.2. The van der Waals surface area contributed by atoms with E-state index < -0.39 is 5.54 Å². The van der Waals surface area contributed by atoms with Crippen molar-refractivity contribution in [1.82, 2.24) is 25.1 Å². The number of hydrogen-bond donors (Lipinski definition) is 2. The fourth-order valence-corrected chi connectivity index (χ4v) is 5.71. The lowest BCUT2D eigenvalue weighted by Gasteiger charge is -2.40. The molecule has 0 radical (unpaired) electrons. The molecule has 0 spiro atoms. The van der Waals surface area contributed by atoms with Gasteiger partial charge in [0, 0.05) is 64.7 Å². The molecular formula is C29H29BrN6O2. The average Bonchev–Trinajstić information content (AvgIpc) is 3.59. The van der Waals surface area contributed by atoms with Crippen LogP contribution >= 0.6 is 15.9 Å². The largest absolute Gasteiger partial charge is 0.493 e. The first kappa shape index (κ1) is 24.8. The van der Waals surface area contributed by atoms with Gasteiger partial charge in [-0.1, -0.05) is 28.1 Å². The zero-order valence-corrected chi connectivity index (χ0v) is 22.7. The average molecular weight is 573 g/mol. The number of aromatic nitrogens is 4. The number of hydrogen-bond acceptors (Lipinski definition) is 7. The second kappa shape index (κ2) is 10.3. The third kappa shape index (κ3) is 4.96. The number of piperidine rings is 1. The highest BCUT2D eigenvalue weighted by Gasteiger charge is 2.39. The van der Waals surface area contributed by atoms with Gasteiger partial charge in [0.1, 0.15) is 5.75 Å². The number of H-pyrrole nitrogens is 1. The Morgan fingerprint density at radius 1 is 1.16 bits per heavy atom. The summed E-state index contributed by atoms with van der Waals surface area (Å²) < 4.78 is 6.82. The summed E-state index contributed by atoms with van der Waals surface area (Å²) in [6, 6.07) is 17.6. The number of Topliss-reactive ketones (excluding diaryl/α,β-unsaturated/α-hetero) is 1. The first-order valence-electron chi connectivity index (χ1n) is 12.8. The van der Waals surface area contributed by atoms with Gasteiger partial charge in [-0.2, -0.15) is 5.10 Å². The van der Waals surface area contributed by atoms with Crippen molar-refractivity contribution in [2.45, 2.75) is 30.7 Å². The summed E-state index contributed by atoms with van der Waals surface area (Å²) in [5.41, 5.74) is 3.17. The molecule has 0 aliphatic carbocycles. The lowest BCUT2D eigenvalue weighted by molar-refractivity contribution is 0.0969. The Balaban J connectivity index is 1.24. The number of pyridine rings is 1. The standard InChI is InChI=1S/C29H29BrN6O2/c1-36-13-9-29(10-14-36,28-32-27(34-35-28)19-7-11-31-12-8-19)33-23-4-2-3-20(15-23)25(37)16-21-18-38-26-6-5-22(30)17-24(21)26/h2-8,11-12,15,17,21,33H,9-10,13-14,16,18H2,1H3,(H,32,34,35)/t21-/m0/s1. The third-order valence-electron chi connectivity index (χ3n) is 7.57. The van der Waals surface area contributed by atoms with Gasteiger partial charge in [-0.3, -0.25) is 14.9 Å². The number of halogens is 1. The minimum Gasteiger partial charge on any atom is -0.493 e. The highest BCUT2D eigenvalue weighted by Crippen LogP contribution is 2.39. The van der Waals surface area contributed by atoms with Gasteiger partial charge in [0.2, 0.25) is 0 Å². The van der Waals surface area contributed by atoms with Crippen molar-refractivity contribution < 1.29 is 9.53 Å². The van der Waals surface area contributed by atoms with Crippen LogP contribution in [0.2, 0.25) is 0 Å². The van der Waals surface area contributed by atoms with Crippen molar-refractivity contribution in [3.8, 4) is 17.1 Å².